The van der Waals surface area contributed by atoms with Gasteiger partial charge in [-0.3, -0.25) is 4.79 Å². The standard InChI is InChI=1S/C15H26N2OS2/c1-11-8-12(2)10-17(9-11)14(18)13(3)20-15(19)16-6-4-5-7-16/h11-13H,4-10H2,1-3H3. The van der Waals surface area contributed by atoms with Crippen molar-refractivity contribution in [3.05, 3.63) is 0 Å². The second-order valence-electron chi connectivity index (χ2n) is 6.41. The van der Waals surface area contributed by atoms with Gasteiger partial charge in [0.1, 0.15) is 4.32 Å². The zero-order valence-corrected chi connectivity index (χ0v) is 14.4. The minimum absolute atomic E-state index is 0.0550. The first-order valence-electron chi connectivity index (χ1n) is 7.71. The van der Waals surface area contributed by atoms with E-state index < -0.39 is 0 Å². The summed E-state index contributed by atoms with van der Waals surface area (Å²) in [7, 11) is 0. The van der Waals surface area contributed by atoms with Crippen LogP contribution in [0.4, 0.5) is 0 Å². The van der Waals surface area contributed by atoms with E-state index in [1.54, 1.807) is 11.8 Å². The summed E-state index contributed by atoms with van der Waals surface area (Å²) in [5.74, 6) is 1.49. The van der Waals surface area contributed by atoms with Crippen molar-refractivity contribution in [3.8, 4) is 0 Å². The maximum absolute atomic E-state index is 12.6. The van der Waals surface area contributed by atoms with Gasteiger partial charge in [-0.1, -0.05) is 37.8 Å². The van der Waals surface area contributed by atoms with Crippen LogP contribution in [-0.4, -0.2) is 51.5 Å². The number of hydrogen-bond acceptors (Lipinski definition) is 3. The lowest BCUT2D eigenvalue weighted by Crippen LogP contribution is -2.46. The van der Waals surface area contributed by atoms with Crippen LogP contribution in [-0.2, 0) is 4.79 Å². The van der Waals surface area contributed by atoms with Crippen molar-refractivity contribution in [2.75, 3.05) is 26.2 Å². The molecule has 0 bridgehead atoms. The molecule has 1 amide bonds. The zero-order valence-electron chi connectivity index (χ0n) is 12.8. The lowest BCUT2D eigenvalue weighted by atomic mass is 9.92. The predicted octanol–water partition coefficient (Wildman–Crippen LogP) is 2.99. The van der Waals surface area contributed by atoms with Gasteiger partial charge < -0.3 is 9.80 Å². The fourth-order valence-corrected chi connectivity index (χ4v) is 4.78. The molecule has 3 unspecified atom stereocenters. The number of rotatable bonds is 2. The number of carbonyl (C=O) groups is 1. The summed E-state index contributed by atoms with van der Waals surface area (Å²) >= 11 is 7.04. The fraction of sp³-hybridized carbons (Fsp3) is 0.867. The summed E-state index contributed by atoms with van der Waals surface area (Å²) in [6, 6.07) is 0. The van der Waals surface area contributed by atoms with E-state index in [0.29, 0.717) is 11.8 Å². The molecule has 0 radical (unpaired) electrons. The topological polar surface area (TPSA) is 23.6 Å². The van der Waals surface area contributed by atoms with Gasteiger partial charge >= 0.3 is 0 Å². The molecule has 2 rings (SSSR count). The van der Waals surface area contributed by atoms with E-state index in [2.05, 4.69) is 18.7 Å². The third-order valence-corrected chi connectivity index (χ3v) is 5.73. The van der Waals surface area contributed by atoms with Crippen LogP contribution in [0.3, 0.4) is 0 Å². The second-order valence-corrected chi connectivity index (χ2v) is 8.38. The molecular weight excluding hydrogens is 288 g/mol. The molecule has 0 aliphatic carbocycles. The average Bonchev–Trinajstić information content (AvgIpc) is 2.90. The summed E-state index contributed by atoms with van der Waals surface area (Å²) in [4.78, 5) is 16.9. The lowest BCUT2D eigenvalue weighted by molar-refractivity contribution is -0.132. The van der Waals surface area contributed by atoms with Crippen LogP contribution in [0.2, 0.25) is 0 Å². The summed E-state index contributed by atoms with van der Waals surface area (Å²) in [5.41, 5.74) is 0. The average molecular weight is 315 g/mol. The highest BCUT2D eigenvalue weighted by Gasteiger charge is 2.29. The van der Waals surface area contributed by atoms with Gasteiger partial charge in [-0.2, -0.15) is 0 Å². The molecule has 3 atom stereocenters. The van der Waals surface area contributed by atoms with Crippen molar-refractivity contribution in [1.29, 1.82) is 0 Å². The quantitative estimate of drug-likeness (QED) is 0.731. The first kappa shape index (κ1) is 16.1. The van der Waals surface area contributed by atoms with Crippen LogP contribution in [0.25, 0.3) is 0 Å². The molecule has 2 saturated heterocycles. The zero-order chi connectivity index (χ0) is 14.7. The number of carbonyl (C=O) groups excluding carboxylic acids is 1. The maximum Gasteiger partial charge on any atom is 0.235 e. The Balaban J connectivity index is 1.86. The van der Waals surface area contributed by atoms with Crippen molar-refractivity contribution in [2.45, 2.75) is 45.3 Å². The van der Waals surface area contributed by atoms with Gasteiger partial charge in [0.2, 0.25) is 5.91 Å². The smallest absolute Gasteiger partial charge is 0.235 e. The summed E-state index contributed by atoms with van der Waals surface area (Å²) in [6.07, 6.45) is 3.69. The first-order chi connectivity index (χ1) is 9.47. The van der Waals surface area contributed by atoms with Crippen molar-refractivity contribution < 1.29 is 4.79 Å². The molecule has 5 heteroatoms. The Kier molecular flexibility index (Phi) is 5.73. The van der Waals surface area contributed by atoms with E-state index in [9.17, 15) is 4.79 Å². The second kappa shape index (κ2) is 7.12. The van der Waals surface area contributed by atoms with Crippen molar-refractivity contribution in [3.63, 3.8) is 0 Å². The van der Waals surface area contributed by atoms with E-state index >= 15 is 0 Å². The number of thioether (sulfide) groups is 1. The lowest BCUT2D eigenvalue weighted by Gasteiger charge is -2.36. The molecule has 0 aromatic carbocycles. The van der Waals surface area contributed by atoms with E-state index in [4.69, 9.17) is 12.2 Å². The third kappa shape index (κ3) is 4.10. The summed E-state index contributed by atoms with van der Waals surface area (Å²) in [6.45, 7) is 10.4. The van der Waals surface area contributed by atoms with Crippen molar-refractivity contribution >= 4 is 34.2 Å². The van der Waals surface area contributed by atoms with Gasteiger partial charge in [-0.05, 0) is 38.0 Å². The van der Waals surface area contributed by atoms with E-state index in [0.717, 1.165) is 30.5 Å². The predicted molar refractivity (Wildman–Crippen MR) is 90.0 cm³/mol. The van der Waals surface area contributed by atoms with Gasteiger partial charge in [-0.25, -0.2) is 0 Å². The molecular formula is C15H26N2OS2. The van der Waals surface area contributed by atoms with E-state index in [1.165, 1.54) is 19.3 Å². The highest BCUT2D eigenvalue weighted by Crippen LogP contribution is 2.25. The normalized spacial score (nSPS) is 28.6. The Labute approximate surface area is 132 Å². The number of hydrogen-bond donors (Lipinski definition) is 0. The van der Waals surface area contributed by atoms with Gasteiger partial charge in [0.25, 0.3) is 0 Å². The van der Waals surface area contributed by atoms with Crippen LogP contribution in [0.15, 0.2) is 0 Å². The number of amides is 1. The highest BCUT2D eigenvalue weighted by molar-refractivity contribution is 8.23. The largest absolute Gasteiger partial charge is 0.358 e. The van der Waals surface area contributed by atoms with Gasteiger partial charge in [0, 0.05) is 26.2 Å². The minimum atomic E-state index is -0.0550. The van der Waals surface area contributed by atoms with Crippen LogP contribution >= 0.6 is 24.0 Å². The van der Waals surface area contributed by atoms with Gasteiger partial charge in [0.05, 0.1) is 5.25 Å². The highest BCUT2D eigenvalue weighted by atomic mass is 32.2. The van der Waals surface area contributed by atoms with Crippen LogP contribution < -0.4 is 0 Å². The molecule has 2 aliphatic rings. The summed E-state index contributed by atoms with van der Waals surface area (Å²) in [5, 5.41) is -0.0550. The maximum atomic E-state index is 12.6. The van der Waals surface area contributed by atoms with Gasteiger partial charge in [0.15, 0.2) is 0 Å². The first-order valence-corrected chi connectivity index (χ1v) is 9.00. The molecule has 114 valence electrons. The number of nitrogens with zero attached hydrogens (tertiary/aromatic N) is 2. The molecule has 20 heavy (non-hydrogen) atoms. The van der Waals surface area contributed by atoms with Gasteiger partial charge in [-0.15, -0.1) is 0 Å². The molecule has 0 aromatic rings. The molecule has 2 fully saturated rings. The SMILES string of the molecule is CC1CC(C)CN(C(=O)C(C)SC(=S)N2CCCC2)C1. The monoisotopic (exact) mass is 314 g/mol. The van der Waals surface area contributed by atoms with E-state index in [1.807, 2.05) is 11.8 Å². The third-order valence-electron chi connectivity index (χ3n) is 4.17. The molecule has 3 nitrogen and oxygen atoms in total. The number of piperidine rings is 1. The van der Waals surface area contributed by atoms with Crippen molar-refractivity contribution in [1.82, 2.24) is 9.80 Å². The van der Waals surface area contributed by atoms with Crippen LogP contribution in [0.5, 0.6) is 0 Å². The van der Waals surface area contributed by atoms with Crippen LogP contribution in [0, 0.1) is 11.8 Å². The Morgan fingerprint density at radius 1 is 1.15 bits per heavy atom. The fourth-order valence-electron chi connectivity index (χ4n) is 3.28. The molecule has 2 heterocycles. The Hall–Kier alpha value is -0.290. The van der Waals surface area contributed by atoms with Crippen LogP contribution in [0.1, 0.15) is 40.0 Å². The Morgan fingerprint density at radius 3 is 2.25 bits per heavy atom. The Morgan fingerprint density at radius 2 is 1.70 bits per heavy atom. The molecule has 0 spiro atoms. The van der Waals surface area contributed by atoms with E-state index in [-0.39, 0.29) is 11.2 Å². The number of likely N-dealkylation sites (tertiary alicyclic amines) is 2. The number of thiocarbonyl (C=S) groups is 1. The molecule has 0 saturated carbocycles. The molecule has 2 aliphatic heterocycles. The molecule has 0 N–H and O–H groups in total. The summed E-state index contributed by atoms with van der Waals surface area (Å²) < 4.78 is 0.904. The van der Waals surface area contributed by atoms with Crippen molar-refractivity contribution in [2.24, 2.45) is 11.8 Å². The Bertz CT molecular complexity index is 359. The minimum Gasteiger partial charge on any atom is -0.358 e. The molecule has 0 aromatic heterocycles.